The molecule has 2 N–H and O–H groups in total. The van der Waals surface area contributed by atoms with Gasteiger partial charge < -0.3 is 15.0 Å². The third-order valence-electron chi connectivity index (χ3n) is 2.82. The van der Waals surface area contributed by atoms with Crippen molar-refractivity contribution >= 4 is 5.69 Å². The molecule has 1 saturated heterocycles. The Labute approximate surface area is 98.6 Å². The lowest BCUT2D eigenvalue weighted by Gasteiger charge is -2.00. The van der Waals surface area contributed by atoms with Crippen molar-refractivity contribution in [2.75, 3.05) is 12.3 Å². The fraction of sp³-hybridized carbons (Fsp3) is 0.333. The van der Waals surface area contributed by atoms with Gasteiger partial charge in [-0.3, -0.25) is 0 Å². The molecule has 3 rings (SSSR count). The first-order chi connectivity index (χ1) is 8.33. The molecule has 2 aromatic rings. The quantitative estimate of drug-likeness (QED) is 0.802. The van der Waals surface area contributed by atoms with Crippen molar-refractivity contribution in [2.24, 2.45) is 0 Å². The summed E-state index contributed by atoms with van der Waals surface area (Å²) in [6, 6.07) is 7.35. The van der Waals surface area contributed by atoms with Crippen LogP contribution in [0.5, 0.6) is 0 Å². The predicted octanol–water partition coefficient (Wildman–Crippen LogP) is 2.17. The standard InChI is InChI=1S/C12H13N3O2/c13-9-5-3-8(4-6-9)12-14-11(15-17-12)10-2-1-7-16-10/h3-6,10H,1-2,7,13H2. The van der Waals surface area contributed by atoms with Crippen LogP contribution in [-0.2, 0) is 4.74 Å². The number of hydrogen-bond donors (Lipinski definition) is 1. The van der Waals surface area contributed by atoms with E-state index in [4.69, 9.17) is 15.0 Å². The molecule has 0 amide bonds. The molecule has 0 saturated carbocycles. The third-order valence-corrected chi connectivity index (χ3v) is 2.82. The van der Waals surface area contributed by atoms with Crippen LogP contribution in [0.3, 0.4) is 0 Å². The molecule has 1 aliphatic rings. The molecule has 5 nitrogen and oxygen atoms in total. The van der Waals surface area contributed by atoms with Gasteiger partial charge in [0.25, 0.3) is 5.89 Å². The summed E-state index contributed by atoms with van der Waals surface area (Å²) in [6.45, 7) is 0.774. The maximum atomic E-state index is 5.62. The van der Waals surface area contributed by atoms with E-state index in [0.29, 0.717) is 17.4 Å². The van der Waals surface area contributed by atoms with E-state index in [-0.39, 0.29) is 6.10 Å². The van der Waals surface area contributed by atoms with Crippen LogP contribution in [0.4, 0.5) is 5.69 Å². The lowest BCUT2D eigenvalue weighted by molar-refractivity contribution is 0.103. The Morgan fingerprint density at radius 1 is 1.24 bits per heavy atom. The summed E-state index contributed by atoms with van der Waals surface area (Å²) in [5.41, 5.74) is 7.21. The third kappa shape index (κ3) is 2.01. The van der Waals surface area contributed by atoms with Crippen LogP contribution >= 0.6 is 0 Å². The largest absolute Gasteiger partial charge is 0.399 e. The molecule has 1 unspecified atom stereocenters. The van der Waals surface area contributed by atoms with Crippen LogP contribution in [0.1, 0.15) is 24.8 Å². The van der Waals surface area contributed by atoms with Gasteiger partial charge in [-0.15, -0.1) is 0 Å². The fourth-order valence-corrected chi connectivity index (χ4v) is 1.89. The number of hydrogen-bond acceptors (Lipinski definition) is 5. The highest BCUT2D eigenvalue weighted by molar-refractivity contribution is 5.56. The number of rotatable bonds is 2. The monoisotopic (exact) mass is 231 g/mol. The number of nitrogens with zero attached hydrogens (tertiary/aromatic N) is 2. The van der Waals surface area contributed by atoms with Crippen molar-refractivity contribution in [3.8, 4) is 11.5 Å². The highest BCUT2D eigenvalue weighted by Crippen LogP contribution is 2.28. The van der Waals surface area contributed by atoms with Crippen LogP contribution in [0.2, 0.25) is 0 Å². The topological polar surface area (TPSA) is 74.2 Å². The van der Waals surface area contributed by atoms with Crippen molar-refractivity contribution in [1.82, 2.24) is 10.1 Å². The average molecular weight is 231 g/mol. The summed E-state index contributed by atoms with van der Waals surface area (Å²) in [5, 5.41) is 3.95. The minimum atomic E-state index is -0.0127. The highest BCUT2D eigenvalue weighted by atomic mass is 16.5. The Kier molecular flexibility index (Phi) is 2.53. The normalized spacial score (nSPS) is 19.6. The molecular weight excluding hydrogens is 218 g/mol. The number of nitrogens with two attached hydrogens (primary N) is 1. The van der Waals surface area contributed by atoms with Gasteiger partial charge in [-0.25, -0.2) is 0 Å². The van der Waals surface area contributed by atoms with E-state index in [9.17, 15) is 0 Å². The summed E-state index contributed by atoms with van der Waals surface area (Å²) < 4.78 is 10.7. The van der Waals surface area contributed by atoms with Crippen LogP contribution in [-0.4, -0.2) is 16.7 Å². The first kappa shape index (κ1) is 10.3. The second-order valence-electron chi connectivity index (χ2n) is 4.08. The van der Waals surface area contributed by atoms with Crippen LogP contribution in [0.15, 0.2) is 28.8 Å². The van der Waals surface area contributed by atoms with Gasteiger partial charge in [0.15, 0.2) is 0 Å². The maximum Gasteiger partial charge on any atom is 0.258 e. The van der Waals surface area contributed by atoms with E-state index in [1.165, 1.54) is 0 Å². The molecule has 88 valence electrons. The summed E-state index contributed by atoms with van der Waals surface area (Å²) in [4.78, 5) is 4.35. The average Bonchev–Trinajstić information content (AvgIpc) is 3.00. The summed E-state index contributed by atoms with van der Waals surface area (Å²) in [5.74, 6) is 1.14. The van der Waals surface area contributed by atoms with Gasteiger partial charge in [0.2, 0.25) is 5.82 Å². The summed E-state index contributed by atoms with van der Waals surface area (Å²) >= 11 is 0. The molecule has 2 heterocycles. The first-order valence-electron chi connectivity index (χ1n) is 5.64. The molecule has 1 fully saturated rings. The number of ether oxygens (including phenoxy) is 1. The van der Waals surface area contributed by atoms with E-state index in [1.807, 2.05) is 24.3 Å². The van der Waals surface area contributed by atoms with Gasteiger partial charge >= 0.3 is 0 Å². The Bertz CT molecular complexity index is 501. The minimum absolute atomic E-state index is 0.0127. The molecule has 1 aliphatic heterocycles. The van der Waals surface area contributed by atoms with Crippen molar-refractivity contribution in [3.05, 3.63) is 30.1 Å². The summed E-state index contributed by atoms with van der Waals surface area (Å²) in [6.07, 6.45) is 2.00. The van der Waals surface area contributed by atoms with Gasteiger partial charge in [-0.05, 0) is 37.1 Å². The van der Waals surface area contributed by atoms with Crippen molar-refractivity contribution in [3.63, 3.8) is 0 Å². The number of nitrogen functional groups attached to an aromatic ring is 1. The van der Waals surface area contributed by atoms with E-state index in [2.05, 4.69) is 10.1 Å². The van der Waals surface area contributed by atoms with E-state index in [0.717, 1.165) is 25.0 Å². The van der Waals surface area contributed by atoms with E-state index >= 15 is 0 Å². The van der Waals surface area contributed by atoms with Crippen LogP contribution in [0, 0.1) is 0 Å². The molecule has 5 heteroatoms. The zero-order valence-electron chi connectivity index (χ0n) is 9.30. The Morgan fingerprint density at radius 2 is 2.06 bits per heavy atom. The molecule has 0 radical (unpaired) electrons. The number of aromatic nitrogens is 2. The second kappa shape index (κ2) is 4.18. The van der Waals surface area contributed by atoms with E-state index in [1.54, 1.807) is 0 Å². The fourth-order valence-electron chi connectivity index (χ4n) is 1.89. The van der Waals surface area contributed by atoms with E-state index < -0.39 is 0 Å². The minimum Gasteiger partial charge on any atom is -0.399 e. The maximum absolute atomic E-state index is 5.62. The molecule has 1 atom stereocenters. The number of anilines is 1. The van der Waals surface area contributed by atoms with Gasteiger partial charge in [-0.2, -0.15) is 4.98 Å². The van der Waals surface area contributed by atoms with Gasteiger partial charge in [0.1, 0.15) is 6.10 Å². The molecule has 1 aromatic heterocycles. The smallest absolute Gasteiger partial charge is 0.258 e. The predicted molar refractivity (Wildman–Crippen MR) is 62.1 cm³/mol. The van der Waals surface area contributed by atoms with Crippen LogP contribution in [0.25, 0.3) is 11.5 Å². The molecule has 0 bridgehead atoms. The molecule has 1 aromatic carbocycles. The molecule has 17 heavy (non-hydrogen) atoms. The Hall–Kier alpha value is -1.88. The zero-order chi connectivity index (χ0) is 11.7. The first-order valence-corrected chi connectivity index (χ1v) is 5.64. The van der Waals surface area contributed by atoms with Crippen molar-refractivity contribution < 1.29 is 9.26 Å². The lowest BCUT2D eigenvalue weighted by atomic mass is 10.2. The van der Waals surface area contributed by atoms with Crippen LogP contribution < -0.4 is 5.73 Å². The molecule has 0 spiro atoms. The van der Waals surface area contributed by atoms with Crippen molar-refractivity contribution in [2.45, 2.75) is 18.9 Å². The second-order valence-corrected chi connectivity index (χ2v) is 4.08. The molecule has 0 aliphatic carbocycles. The lowest BCUT2D eigenvalue weighted by Crippen LogP contribution is -1.97. The van der Waals surface area contributed by atoms with Crippen molar-refractivity contribution in [1.29, 1.82) is 0 Å². The van der Waals surface area contributed by atoms with Gasteiger partial charge in [0, 0.05) is 17.9 Å². The zero-order valence-corrected chi connectivity index (χ0v) is 9.30. The number of benzene rings is 1. The Balaban J connectivity index is 1.86. The SMILES string of the molecule is Nc1ccc(-c2nc(C3CCCO3)no2)cc1. The summed E-state index contributed by atoms with van der Waals surface area (Å²) in [7, 11) is 0. The van der Waals surface area contributed by atoms with Gasteiger partial charge in [0.05, 0.1) is 0 Å². The molecular formula is C12H13N3O2. The Morgan fingerprint density at radius 3 is 2.76 bits per heavy atom. The highest BCUT2D eigenvalue weighted by Gasteiger charge is 2.23. The van der Waals surface area contributed by atoms with Gasteiger partial charge in [-0.1, -0.05) is 5.16 Å².